The Kier molecular flexibility index (Phi) is 6.79. The molecule has 0 aromatic carbocycles. The third-order valence-electron chi connectivity index (χ3n) is 4.06. The van der Waals surface area contributed by atoms with Crippen LogP contribution in [-0.4, -0.2) is 59.4 Å². The normalized spacial score (nSPS) is 16.3. The number of carbonyl (C=O) groups is 1. The molecule has 0 aliphatic carbocycles. The molecule has 2 aromatic heterocycles. The number of hydrogen-bond acceptors (Lipinski definition) is 6. The minimum atomic E-state index is 0.0166. The number of aromatic nitrogens is 2. The Balaban J connectivity index is 1.55. The molecule has 7 heteroatoms. The lowest BCUT2D eigenvalue weighted by Gasteiger charge is -2.34. The quantitative estimate of drug-likeness (QED) is 0.761. The van der Waals surface area contributed by atoms with Crippen molar-refractivity contribution in [3.8, 4) is 0 Å². The van der Waals surface area contributed by atoms with Gasteiger partial charge in [-0.05, 0) is 29.8 Å². The van der Waals surface area contributed by atoms with Gasteiger partial charge in [0.25, 0.3) is 0 Å². The van der Waals surface area contributed by atoms with Gasteiger partial charge in [0.15, 0.2) is 0 Å². The van der Waals surface area contributed by atoms with Gasteiger partial charge in [-0.15, -0.1) is 0 Å². The first kappa shape index (κ1) is 17.8. The highest BCUT2D eigenvalue weighted by Gasteiger charge is 2.23. The van der Waals surface area contributed by atoms with E-state index in [-0.39, 0.29) is 11.9 Å². The summed E-state index contributed by atoms with van der Waals surface area (Å²) in [6, 6.07) is 9.85. The highest BCUT2D eigenvalue weighted by Crippen LogP contribution is 2.21. The molecule has 0 spiro atoms. The van der Waals surface area contributed by atoms with Crippen LogP contribution in [-0.2, 0) is 9.53 Å². The van der Waals surface area contributed by atoms with Crippen LogP contribution in [0, 0.1) is 0 Å². The van der Waals surface area contributed by atoms with Crippen LogP contribution in [0.1, 0.15) is 11.6 Å². The Hall–Kier alpha value is -1.96. The van der Waals surface area contributed by atoms with E-state index in [9.17, 15) is 4.79 Å². The summed E-state index contributed by atoms with van der Waals surface area (Å²) >= 11 is 1.44. The van der Waals surface area contributed by atoms with Crippen molar-refractivity contribution in [2.24, 2.45) is 0 Å². The maximum absolute atomic E-state index is 12.2. The van der Waals surface area contributed by atoms with Crippen molar-refractivity contribution in [3.05, 3.63) is 54.5 Å². The number of thioether (sulfide) groups is 1. The zero-order valence-electron chi connectivity index (χ0n) is 14.0. The average molecular weight is 358 g/mol. The summed E-state index contributed by atoms with van der Waals surface area (Å²) < 4.78 is 5.45. The molecule has 2 aromatic rings. The van der Waals surface area contributed by atoms with Gasteiger partial charge >= 0.3 is 0 Å². The molecule has 1 aliphatic rings. The molecule has 25 heavy (non-hydrogen) atoms. The molecular weight excluding hydrogens is 336 g/mol. The summed E-state index contributed by atoms with van der Waals surface area (Å²) in [5.41, 5.74) is 1.16. The fourth-order valence-electron chi connectivity index (χ4n) is 2.77. The Morgan fingerprint density at radius 1 is 1.20 bits per heavy atom. The summed E-state index contributed by atoms with van der Waals surface area (Å²) in [5.74, 6) is 0.381. The van der Waals surface area contributed by atoms with Crippen LogP contribution in [0.25, 0.3) is 0 Å². The van der Waals surface area contributed by atoms with E-state index in [0.717, 1.165) is 36.9 Å². The summed E-state index contributed by atoms with van der Waals surface area (Å²) in [6.07, 6.45) is 5.32. The van der Waals surface area contributed by atoms with Crippen LogP contribution in [0.2, 0.25) is 0 Å². The standard InChI is InChI=1S/C18H22N4O2S/c23-17(14-25-18-3-1-2-6-20-18)21-13-16(15-4-7-19-8-5-15)22-9-11-24-12-10-22/h1-8,16H,9-14H2,(H,21,23)/t16-/m1/s1. The van der Waals surface area contributed by atoms with Gasteiger partial charge in [0.05, 0.1) is 30.0 Å². The van der Waals surface area contributed by atoms with Crippen LogP contribution in [0.4, 0.5) is 0 Å². The van der Waals surface area contributed by atoms with Crippen LogP contribution in [0.15, 0.2) is 53.9 Å². The van der Waals surface area contributed by atoms with E-state index in [2.05, 4.69) is 20.2 Å². The second kappa shape index (κ2) is 9.50. The fraction of sp³-hybridized carbons (Fsp3) is 0.389. The van der Waals surface area contributed by atoms with Crippen molar-refractivity contribution in [3.63, 3.8) is 0 Å². The maximum atomic E-state index is 12.2. The van der Waals surface area contributed by atoms with Crippen molar-refractivity contribution in [1.29, 1.82) is 0 Å². The highest BCUT2D eigenvalue weighted by atomic mass is 32.2. The number of morpholine rings is 1. The predicted octanol–water partition coefficient (Wildman–Crippen LogP) is 1.76. The molecule has 6 nitrogen and oxygen atoms in total. The van der Waals surface area contributed by atoms with Crippen molar-refractivity contribution in [2.45, 2.75) is 11.1 Å². The van der Waals surface area contributed by atoms with E-state index >= 15 is 0 Å². The number of ether oxygens (including phenoxy) is 1. The number of rotatable bonds is 7. The Morgan fingerprint density at radius 3 is 2.72 bits per heavy atom. The molecule has 0 bridgehead atoms. The van der Waals surface area contributed by atoms with E-state index in [1.54, 1.807) is 18.6 Å². The lowest BCUT2D eigenvalue weighted by molar-refractivity contribution is -0.118. The number of nitrogens with zero attached hydrogens (tertiary/aromatic N) is 3. The summed E-state index contributed by atoms with van der Waals surface area (Å²) in [7, 11) is 0. The molecule has 1 saturated heterocycles. The van der Waals surface area contributed by atoms with Gasteiger partial charge in [-0.1, -0.05) is 17.8 Å². The first-order chi connectivity index (χ1) is 12.3. The topological polar surface area (TPSA) is 67.4 Å². The smallest absolute Gasteiger partial charge is 0.230 e. The van der Waals surface area contributed by atoms with E-state index in [1.807, 2.05) is 30.3 Å². The highest BCUT2D eigenvalue weighted by molar-refractivity contribution is 7.99. The van der Waals surface area contributed by atoms with Crippen molar-refractivity contribution < 1.29 is 9.53 Å². The third-order valence-corrected chi connectivity index (χ3v) is 5.00. The Bertz CT molecular complexity index is 651. The molecule has 1 amide bonds. The second-order valence-corrected chi connectivity index (χ2v) is 6.70. The molecule has 1 fully saturated rings. The minimum Gasteiger partial charge on any atom is -0.379 e. The number of amides is 1. The SMILES string of the molecule is O=C(CSc1ccccn1)NC[C@H](c1ccncc1)N1CCOCC1. The molecule has 1 aliphatic heterocycles. The lowest BCUT2D eigenvalue weighted by atomic mass is 10.1. The van der Waals surface area contributed by atoms with Gasteiger partial charge in [-0.25, -0.2) is 4.98 Å². The van der Waals surface area contributed by atoms with Crippen LogP contribution < -0.4 is 5.32 Å². The van der Waals surface area contributed by atoms with Crippen LogP contribution in [0.3, 0.4) is 0 Å². The van der Waals surface area contributed by atoms with Crippen molar-refractivity contribution in [1.82, 2.24) is 20.2 Å². The van der Waals surface area contributed by atoms with Crippen LogP contribution in [0.5, 0.6) is 0 Å². The van der Waals surface area contributed by atoms with Gasteiger partial charge in [0.1, 0.15) is 0 Å². The molecule has 1 N–H and O–H groups in total. The monoisotopic (exact) mass is 358 g/mol. The largest absolute Gasteiger partial charge is 0.379 e. The van der Waals surface area contributed by atoms with Gasteiger partial charge in [0, 0.05) is 38.2 Å². The molecule has 132 valence electrons. The summed E-state index contributed by atoms with van der Waals surface area (Å²) in [6.45, 7) is 3.76. The molecule has 3 heterocycles. The van der Waals surface area contributed by atoms with Crippen molar-refractivity contribution >= 4 is 17.7 Å². The lowest BCUT2D eigenvalue weighted by Crippen LogP contribution is -2.44. The van der Waals surface area contributed by atoms with Gasteiger partial charge in [-0.2, -0.15) is 0 Å². The third kappa shape index (κ3) is 5.52. The number of hydrogen-bond donors (Lipinski definition) is 1. The minimum absolute atomic E-state index is 0.0166. The fourth-order valence-corrected chi connectivity index (χ4v) is 3.46. The van der Waals surface area contributed by atoms with Gasteiger partial charge in [0.2, 0.25) is 5.91 Å². The molecule has 1 atom stereocenters. The number of nitrogens with one attached hydrogen (secondary N) is 1. The number of carbonyl (C=O) groups excluding carboxylic acids is 1. The van der Waals surface area contributed by atoms with Gasteiger partial charge in [-0.3, -0.25) is 14.7 Å². The zero-order chi connectivity index (χ0) is 17.3. The predicted molar refractivity (Wildman–Crippen MR) is 97.3 cm³/mol. The summed E-state index contributed by atoms with van der Waals surface area (Å²) in [4.78, 5) is 22.9. The van der Waals surface area contributed by atoms with Crippen LogP contribution >= 0.6 is 11.8 Å². The zero-order valence-corrected chi connectivity index (χ0v) is 14.8. The van der Waals surface area contributed by atoms with E-state index in [4.69, 9.17) is 4.74 Å². The Labute approximate surface area is 152 Å². The van der Waals surface area contributed by atoms with Crippen molar-refractivity contribution in [2.75, 3.05) is 38.6 Å². The first-order valence-corrected chi connectivity index (χ1v) is 9.34. The van der Waals surface area contributed by atoms with E-state index in [0.29, 0.717) is 12.3 Å². The maximum Gasteiger partial charge on any atom is 0.230 e. The molecule has 0 unspecified atom stereocenters. The second-order valence-electron chi connectivity index (χ2n) is 5.71. The number of pyridine rings is 2. The molecule has 3 rings (SSSR count). The molecule has 0 saturated carbocycles. The summed E-state index contributed by atoms with van der Waals surface area (Å²) in [5, 5.41) is 3.92. The Morgan fingerprint density at radius 2 is 2.00 bits per heavy atom. The van der Waals surface area contributed by atoms with Gasteiger partial charge < -0.3 is 10.1 Å². The average Bonchev–Trinajstić information content (AvgIpc) is 2.69. The molecule has 0 radical (unpaired) electrons. The van der Waals surface area contributed by atoms with E-state index in [1.165, 1.54) is 11.8 Å². The molecular formula is C18H22N4O2S. The van der Waals surface area contributed by atoms with E-state index < -0.39 is 0 Å². The first-order valence-electron chi connectivity index (χ1n) is 8.35.